The monoisotopic (exact) mass is 352 g/mol. The number of benzene rings is 2. The molecule has 1 atom stereocenters. The smallest absolute Gasteiger partial charge is 0.155 e. The largest absolute Gasteiger partial charge is 0.379 e. The lowest BCUT2D eigenvalue weighted by molar-refractivity contribution is 0.203. The minimum atomic E-state index is -1.07. The number of halogens is 2. The number of aromatic nitrogens is 4. The van der Waals surface area contributed by atoms with Gasteiger partial charge in [-0.2, -0.15) is 0 Å². The Kier molecular flexibility index (Phi) is 4.06. The van der Waals surface area contributed by atoms with E-state index in [1.54, 1.807) is 52.0 Å². The summed E-state index contributed by atoms with van der Waals surface area (Å²) in [6, 6.07) is 11.8. The molecule has 0 fully saturated rings. The van der Waals surface area contributed by atoms with E-state index in [9.17, 15) is 13.9 Å². The Morgan fingerprint density at radius 2 is 1.46 bits per heavy atom. The number of hydrogen-bond acceptors (Lipinski definition) is 3. The van der Waals surface area contributed by atoms with Crippen molar-refractivity contribution in [2.24, 2.45) is 0 Å². The molecule has 2 aromatic heterocycles. The van der Waals surface area contributed by atoms with Gasteiger partial charge in [0.1, 0.15) is 17.5 Å². The van der Waals surface area contributed by atoms with Gasteiger partial charge in [0.15, 0.2) is 6.10 Å². The summed E-state index contributed by atoms with van der Waals surface area (Å²) in [6.07, 6.45) is 5.36. The third kappa shape index (κ3) is 3.00. The van der Waals surface area contributed by atoms with Crippen LogP contribution in [0.3, 0.4) is 0 Å². The van der Waals surface area contributed by atoms with E-state index < -0.39 is 6.10 Å². The molecule has 0 radical (unpaired) electrons. The van der Waals surface area contributed by atoms with E-state index in [0.29, 0.717) is 17.2 Å². The average Bonchev–Trinajstić information content (AvgIpc) is 3.32. The van der Waals surface area contributed by atoms with Gasteiger partial charge in [-0.15, -0.1) is 0 Å². The van der Waals surface area contributed by atoms with E-state index in [1.165, 1.54) is 30.6 Å². The summed E-state index contributed by atoms with van der Waals surface area (Å²) < 4.78 is 29.5. The standard InChI is InChI=1S/C19H14F2N4O/c20-13-1-5-15(6-2-13)24-11-17(23-12-24)18(26)19-22-9-10-25(19)16-7-3-14(21)4-8-16/h1-12,18,26H. The van der Waals surface area contributed by atoms with Crippen molar-refractivity contribution in [1.29, 1.82) is 0 Å². The molecule has 0 aliphatic carbocycles. The normalized spacial score (nSPS) is 12.3. The van der Waals surface area contributed by atoms with Gasteiger partial charge < -0.3 is 14.2 Å². The van der Waals surface area contributed by atoms with Crippen molar-refractivity contribution < 1.29 is 13.9 Å². The summed E-state index contributed by atoms with van der Waals surface area (Å²) in [5.41, 5.74) is 1.79. The summed E-state index contributed by atoms with van der Waals surface area (Å²) >= 11 is 0. The summed E-state index contributed by atoms with van der Waals surface area (Å²) in [4.78, 5) is 8.43. The molecule has 5 nitrogen and oxygen atoms in total. The Morgan fingerprint density at radius 1 is 0.846 bits per heavy atom. The van der Waals surface area contributed by atoms with Gasteiger partial charge in [-0.3, -0.25) is 0 Å². The molecular weight excluding hydrogens is 338 g/mol. The van der Waals surface area contributed by atoms with Crippen molar-refractivity contribution in [2.45, 2.75) is 6.10 Å². The predicted octanol–water partition coefficient (Wildman–Crippen LogP) is 3.42. The maximum atomic E-state index is 13.1. The molecule has 0 aliphatic heterocycles. The molecule has 130 valence electrons. The molecule has 0 saturated heterocycles. The molecule has 4 aromatic rings. The Bertz CT molecular complexity index is 1020. The molecule has 7 heteroatoms. The third-order valence-electron chi connectivity index (χ3n) is 4.03. The maximum absolute atomic E-state index is 13.1. The van der Waals surface area contributed by atoms with Crippen LogP contribution in [-0.4, -0.2) is 24.2 Å². The van der Waals surface area contributed by atoms with Crippen molar-refractivity contribution in [3.05, 3.63) is 96.6 Å². The number of rotatable bonds is 4. The van der Waals surface area contributed by atoms with Crippen molar-refractivity contribution in [3.63, 3.8) is 0 Å². The molecule has 0 saturated carbocycles. The lowest BCUT2D eigenvalue weighted by Gasteiger charge is -2.11. The van der Waals surface area contributed by atoms with Crippen LogP contribution in [0.1, 0.15) is 17.6 Å². The summed E-state index contributed by atoms with van der Waals surface area (Å²) in [5.74, 6) is -0.301. The highest BCUT2D eigenvalue weighted by molar-refractivity contribution is 5.36. The van der Waals surface area contributed by atoms with Crippen LogP contribution in [0, 0.1) is 11.6 Å². The lowest BCUT2D eigenvalue weighted by Crippen LogP contribution is -2.09. The zero-order valence-electron chi connectivity index (χ0n) is 13.5. The van der Waals surface area contributed by atoms with Gasteiger partial charge in [-0.25, -0.2) is 18.7 Å². The molecule has 0 aliphatic rings. The van der Waals surface area contributed by atoms with Gasteiger partial charge in [-0.1, -0.05) is 0 Å². The molecule has 1 N–H and O–H groups in total. The Balaban J connectivity index is 1.65. The number of aliphatic hydroxyl groups excluding tert-OH is 1. The highest BCUT2D eigenvalue weighted by Crippen LogP contribution is 2.23. The molecule has 2 heterocycles. The van der Waals surface area contributed by atoms with E-state index in [-0.39, 0.29) is 11.6 Å². The average molecular weight is 352 g/mol. The Hall–Kier alpha value is -3.32. The first-order chi connectivity index (χ1) is 12.6. The molecular formula is C19H14F2N4O. The van der Waals surface area contributed by atoms with Gasteiger partial charge in [0.05, 0.1) is 12.0 Å². The lowest BCUT2D eigenvalue weighted by atomic mass is 10.2. The Labute approximate surface area is 147 Å². The molecule has 26 heavy (non-hydrogen) atoms. The molecule has 0 spiro atoms. The van der Waals surface area contributed by atoms with E-state index >= 15 is 0 Å². The fraction of sp³-hybridized carbons (Fsp3) is 0.0526. The van der Waals surface area contributed by atoms with Crippen LogP contribution < -0.4 is 0 Å². The molecule has 4 rings (SSSR count). The Morgan fingerprint density at radius 3 is 2.12 bits per heavy atom. The van der Waals surface area contributed by atoms with Crippen LogP contribution in [0.2, 0.25) is 0 Å². The SMILES string of the molecule is OC(c1cn(-c2ccc(F)cc2)cn1)c1nccn1-c1ccc(F)cc1. The molecule has 0 amide bonds. The van der Waals surface area contributed by atoms with E-state index in [4.69, 9.17) is 0 Å². The highest BCUT2D eigenvalue weighted by Gasteiger charge is 2.20. The van der Waals surface area contributed by atoms with Crippen LogP contribution >= 0.6 is 0 Å². The van der Waals surface area contributed by atoms with Crippen LogP contribution in [0.4, 0.5) is 8.78 Å². The second-order valence-electron chi connectivity index (χ2n) is 5.72. The topological polar surface area (TPSA) is 55.9 Å². The van der Waals surface area contributed by atoms with Gasteiger partial charge in [-0.05, 0) is 48.5 Å². The van der Waals surface area contributed by atoms with Gasteiger partial charge in [0.2, 0.25) is 0 Å². The zero-order valence-corrected chi connectivity index (χ0v) is 13.5. The first-order valence-corrected chi connectivity index (χ1v) is 7.89. The van der Waals surface area contributed by atoms with E-state index in [1.807, 2.05) is 0 Å². The van der Waals surface area contributed by atoms with Crippen molar-refractivity contribution >= 4 is 0 Å². The molecule has 0 bridgehead atoms. The zero-order chi connectivity index (χ0) is 18.1. The van der Waals surface area contributed by atoms with Crippen LogP contribution in [0.15, 0.2) is 73.4 Å². The van der Waals surface area contributed by atoms with E-state index in [0.717, 1.165) is 5.69 Å². The summed E-state index contributed by atoms with van der Waals surface area (Å²) in [6.45, 7) is 0. The predicted molar refractivity (Wildman–Crippen MR) is 91.1 cm³/mol. The second-order valence-corrected chi connectivity index (χ2v) is 5.72. The summed E-state index contributed by atoms with van der Waals surface area (Å²) in [7, 11) is 0. The number of nitrogens with zero attached hydrogens (tertiary/aromatic N) is 4. The van der Waals surface area contributed by atoms with Crippen molar-refractivity contribution in [1.82, 2.24) is 19.1 Å². The van der Waals surface area contributed by atoms with Gasteiger partial charge in [0, 0.05) is 30.0 Å². The van der Waals surface area contributed by atoms with Crippen LogP contribution in [0.25, 0.3) is 11.4 Å². The van der Waals surface area contributed by atoms with E-state index in [2.05, 4.69) is 9.97 Å². The minimum Gasteiger partial charge on any atom is -0.379 e. The fourth-order valence-corrected chi connectivity index (χ4v) is 2.70. The highest BCUT2D eigenvalue weighted by atomic mass is 19.1. The van der Waals surface area contributed by atoms with Crippen LogP contribution in [0.5, 0.6) is 0 Å². The second kappa shape index (κ2) is 6.53. The number of imidazole rings is 2. The summed E-state index contributed by atoms with van der Waals surface area (Å²) in [5, 5.41) is 10.7. The van der Waals surface area contributed by atoms with Gasteiger partial charge in [0.25, 0.3) is 0 Å². The van der Waals surface area contributed by atoms with Crippen LogP contribution in [-0.2, 0) is 0 Å². The third-order valence-corrected chi connectivity index (χ3v) is 4.03. The maximum Gasteiger partial charge on any atom is 0.155 e. The quantitative estimate of drug-likeness (QED) is 0.612. The number of hydrogen-bond donors (Lipinski definition) is 1. The molecule has 1 unspecified atom stereocenters. The number of aliphatic hydroxyl groups is 1. The first kappa shape index (κ1) is 16.2. The van der Waals surface area contributed by atoms with Crippen molar-refractivity contribution in [2.75, 3.05) is 0 Å². The van der Waals surface area contributed by atoms with Crippen molar-refractivity contribution in [3.8, 4) is 11.4 Å². The van der Waals surface area contributed by atoms with Gasteiger partial charge >= 0.3 is 0 Å². The fourth-order valence-electron chi connectivity index (χ4n) is 2.70. The first-order valence-electron chi connectivity index (χ1n) is 7.89. The molecule has 2 aromatic carbocycles. The minimum absolute atomic E-state index is 0.324.